The maximum atomic E-state index is 12.7. The van der Waals surface area contributed by atoms with Crippen LogP contribution in [0.3, 0.4) is 0 Å². The van der Waals surface area contributed by atoms with Gasteiger partial charge in [0.25, 0.3) is 0 Å². The predicted molar refractivity (Wildman–Crippen MR) is 184 cm³/mol. The van der Waals surface area contributed by atoms with E-state index in [4.69, 9.17) is 5.11 Å². The first-order chi connectivity index (χ1) is 21.7. The van der Waals surface area contributed by atoms with Crippen LogP contribution in [-0.2, 0) is 24.0 Å². The Morgan fingerprint density at radius 2 is 1.04 bits per heavy atom. The zero-order chi connectivity index (χ0) is 34.8. The summed E-state index contributed by atoms with van der Waals surface area (Å²) in [6, 6.07) is -1.10. The highest BCUT2D eigenvalue weighted by molar-refractivity contribution is 5.88. The number of nitrogens with one attached hydrogen (secondary N) is 3. The summed E-state index contributed by atoms with van der Waals surface area (Å²) >= 11 is 0. The van der Waals surface area contributed by atoms with Gasteiger partial charge in [-0.05, 0) is 38.5 Å². The molecule has 0 aliphatic heterocycles. The van der Waals surface area contributed by atoms with Crippen LogP contribution in [0.1, 0.15) is 169 Å². The van der Waals surface area contributed by atoms with Crippen molar-refractivity contribution >= 4 is 29.5 Å². The molecule has 0 aromatic heterocycles. The van der Waals surface area contributed by atoms with Crippen molar-refractivity contribution in [3.8, 4) is 0 Å². The predicted octanol–water partition coefficient (Wildman–Crippen LogP) is 6.93. The van der Waals surface area contributed by atoms with Gasteiger partial charge in [0.15, 0.2) is 5.78 Å². The highest BCUT2D eigenvalue weighted by Crippen LogP contribution is 2.20. The Hall–Kier alpha value is -2.49. The van der Waals surface area contributed by atoms with Crippen molar-refractivity contribution in [2.75, 3.05) is 6.54 Å². The largest absolute Gasteiger partial charge is 0.481 e. The molecule has 0 aromatic rings. The Labute approximate surface area is 279 Å². The van der Waals surface area contributed by atoms with Gasteiger partial charge in [-0.3, -0.25) is 19.2 Å². The number of ketones is 1. The third kappa shape index (κ3) is 25.7. The van der Waals surface area contributed by atoms with Crippen LogP contribution < -0.4 is 16.0 Å². The molecular formula is C36H67N3O7. The molecule has 0 unspecified atom stereocenters. The summed E-state index contributed by atoms with van der Waals surface area (Å²) in [5.74, 6) is -2.19. The molecular weight excluding hydrogens is 586 g/mol. The van der Waals surface area contributed by atoms with Crippen LogP contribution >= 0.6 is 0 Å². The summed E-state index contributed by atoms with van der Waals surface area (Å²) < 4.78 is 0. The average Bonchev–Trinajstić information content (AvgIpc) is 2.96. The molecule has 268 valence electrons. The smallest absolute Gasteiger partial charge is 0.326 e. The lowest BCUT2D eigenvalue weighted by atomic mass is 9.84. The summed E-state index contributed by atoms with van der Waals surface area (Å²) in [7, 11) is 0. The van der Waals surface area contributed by atoms with Gasteiger partial charge in [-0.15, -0.1) is 0 Å². The Kier molecular flexibility index (Phi) is 25.1. The Bertz CT molecular complexity index is 870. The molecule has 0 saturated carbocycles. The summed E-state index contributed by atoms with van der Waals surface area (Å²) in [6.07, 6.45) is 18.2. The molecule has 0 fully saturated rings. The SMILES string of the molecule is CC(C)N[C@@H](CCCCNC(=O)CC[C@H](NC(=O)CCCCCCCCCCCCCCCCC(=O)O)C(=O)O)C(=O)C(C)(C)C. The number of amides is 2. The third-order valence-corrected chi connectivity index (χ3v) is 8.17. The fourth-order valence-corrected chi connectivity index (χ4v) is 5.49. The Morgan fingerprint density at radius 1 is 0.565 bits per heavy atom. The van der Waals surface area contributed by atoms with Gasteiger partial charge in [-0.2, -0.15) is 0 Å². The minimum atomic E-state index is -1.14. The second-order valence-electron chi connectivity index (χ2n) is 14.2. The Morgan fingerprint density at radius 3 is 1.48 bits per heavy atom. The normalized spacial score (nSPS) is 12.9. The van der Waals surface area contributed by atoms with Crippen molar-refractivity contribution in [3.05, 3.63) is 0 Å². The van der Waals surface area contributed by atoms with Gasteiger partial charge in [0.1, 0.15) is 6.04 Å². The van der Waals surface area contributed by atoms with Gasteiger partial charge in [-0.25, -0.2) is 4.79 Å². The van der Waals surface area contributed by atoms with Gasteiger partial charge >= 0.3 is 11.9 Å². The fraction of sp³-hybridized carbons (Fsp3) is 0.861. The van der Waals surface area contributed by atoms with E-state index >= 15 is 0 Å². The van der Waals surface area contributed by atoms with Crippen molar-refractivity contribution in [1.29, 1.82) is 0 Å². The second-order valence-corrected chi connectivity index (χ2v) is 14.2. The quantitative estimate of drug-likeness (QED) is 0.0521. The molecule has 5 N–H and O–H groups in total. The van der Waals surface area contributed by atoms with E-state index in [-0.39, 0.29) is 55.4 Å². The van der Waals surface area contributed by atoms with Gasteiger partial charge < -0.3 is 26.2 Å². The molecule has 10 heteroatoms. The summed E-state index contributed by atoms with van der Waals surface area (Å²) in [5.41, 5.74) is -0.424. The molecule has 46 heavy (non-hydrogen) atoms. The number of carboxylic acid groups (broad SMARTS) is 2. The standard InChI is InChI=1S/C36H67N3O7/c1-28(2)38-29(34(44)36(3,4)5)22-20-21-27-37-31(40)26-25-30(35(45)46)39-32(41)23-18-16-14-12-10-8-6-7-9-11-13-15-17-19-24-33(42)43/h28-30,38H,6-27H2,1-5H3,(H,37,40)(H,39,41)(H,42,43)(H,45,46)/t29-,30-/m0/s1. The van der Waals surface area contributed by atoms with Crippen LogP contribution in [0.15, 0.2) is 0 Å². The van der Waals surface area contributed by atoms with Crippen LogP contribution in [0, 0.1) is 5.41 Å². The Balaban J connectivity index is 3.94. The van der Waals surface area contributed by atoms with E-state index in [2.05, 4.69) is 16.0 Å². The van der Waals surface area contributed by atoms with Gasteiger partial charge in [0.05, 0.1) is 6.04 Å². The molecule has 0 aliphatic rings. The lowest BCUT2D eigenvalue weighted by Crippen LogP contribution is -2.45. The van der Waals surface area contributed by atoms with E-state index in [1.54, 1.807) is 0 Å². The highest BCUT2D eigenvalue weighted by Gasteiger charge is 2.29. The van der Waals surface area contributed by atoms with E-state index in [1.165, 1.54) is 44.9 Å². The summed E-state index contributed by atoms with van der Waals surface area (Å²) in [6.45, 7) is 10.3. The van der Waals surface area contributed by atoms with Crippen LogP contribution in [0.5, 0.6) is 0 Å². The molecule has 0 radical (unpaired) electrons. The minimum absolute atomic E-state index is 0.0197. The lowest BCUT2D eigenvalue weighted by Gasteiger charge is -2.27. The van der Waals surface area contributed by atoms with E-state index < -0.39 is 23.4 Å². The number of hydrogen-bond donors (Lipinski definition) is 5. The molecule has 0 spiro atoms. The number of rotatable bonds is 30. The topological polar surface area (TPSA) is 162 Å². The third-order valence-electron chi connectivity index (χ3n) is 8.17. The number of hydrogen-bond acceptors (Lipinski definition) is 6. The number of unbranched alkanes of at least 4 members (excludes halogenated alkanes) is 14. The first-order valence-electron chi connectivity index (χ1n) is 18.0. The van der Waals surface area contributed by atoms with Gasteiger partial charge in [-0.1, -0.05) is 112 Å². The minimum Gasteiger partial charge on any atom is -0.481 e. The van der Waals surface area contributed by atoms with Crippen molar-refractivity contribution < 1.29 is 34.2 Å². The molecule has 0 aliphatic carbocycles. The van der Waals surface area contributed by atoms with Crippen molar-refractivity contribution in [1.82, 2.24) is 16.0 Å². The summed E-state index contributed by atoms with van der Waals surface area (Å²) in [5, 5.41) is 26.9. The second kappa shape index (κ2) is 26.6. The van der Waals surface area contributed by atoms with E-state index in [1.807, 2.05) is 34.6 Å². The molecule has 2 atom stereocenters. The number of carbonyl (C=O) groups is 5. The maximum Gasteiger partial charge on any atom is 0.326 e. The molecule has 0 heterocycles. The first kappa shape index (κ1) is 43.5. The van der Waals surface area contributed by atoms with Crippen molar-refractivity contribution in [2.45, 2.75) is 188 Å². The van der Waals surface area contributed by atoms with Crippen molar-refractivity contribution in [3.63, 3.8) is 0 Å². The molecule has 0 bridgehead atoms. The number of aliphatic carboxylic acids is 2. The molecule has 2 amide bonds. The van der Waals surface area contributed by atoms with Crippen LogP contribution in [0.25, 0.3) is 0 Å². The monoisotopic (exact) mass is 653 g/mol. The molecule has 0 aromatic carbocycles. The molecule has 0 rings (SSSR count). The number of carbonyl (C=O) groups excluding carboxylic acids is 3. The summed E-state index contributed by atoms with van der Waals surface area (Å²) in [4.78, 5) is 59.5. The van der Waals surface area contributed by atoms with E-state index in [0.717, 1.165) is 57.8 Å². The van der Waals surface area contributed by atoms with Crippen LogP contribution in [0.2, 0.25) is 0 Å². The fourth-order valence-electron chi connectivity index (χ4n) is 5.49. The molecule has 10 nitrogen and oxygen atoms in total. The van der Waals surface area contributed by atoms with E-state index in [0.29, 0.717) is 13.0 Å². The van der Waals surface area contributed by atoms with Gasteiger partial charge in [0.2, 0.25) is 11.8 Å². The zero-order valence-corrected chi connectivity index (χ0v) is 29.7. The van der Waals surface area contributed by atoms with Gasteiger partial charge in [0, 0.05) is 37.3 Å². The van der Waals surface area contributed by atoms with E-state index in [9.17, 15) is 29.1 Å². The van der Waals surface area contributed by atoms with Crippen LogP contribution in [0.4, 0.5) is 0 Å². The highest BCUT2D eigenvalue weighted by atomic mass is 16.4. The first-order valence-corrected chi connectivity index (χ1v) is 18.0. The van der Waals surface area contributed by atoms with Crippen LogP contribution in [-0.4, -0.2) is 64.4 Å². The lowest BCUT2D eigenvalue weighted by molar-refractivity contribution is -0.142. The van der Waals surface area contributed by atoms with Crippen molar-refractivity contribution in [2.24, 2.45) is 5.41 Å². The number of Topliss-reactive ketones (excluding diaryl/α,β-unsaturated/α-hetero) is 1. The maximum absolute atomic E-state index is 12.7. The average molecular weight is 654 g/mol. The number of carboxylic acids is 2. The molecule has 0 saturated heterocycles. The zero-order valence-electron chi connectivity index (χ0n) is 29.7.